The zero-order chi connectivity index (χ0) is 20.8. The molecule has 0 unspecified atom stereocenters. The Kier molecular flexibility index (Phi) is 4.93. The zero-order valence-corrected chi connectivity index (χ0v) is 16.6. The highest BCUT2D eigenvalue weighted by atomic mass is 32.2. The van der Waals surface area contributed by atoms with Crippen LogP contribution in [0.4, 0.5) is 13.2 Å². The summed E-state index contributed by atoms with van der Waals surface area (Å²) >= 11 is 1.28. The lowest BCUT2D eigenvalue weighted by Crippen LogP contribution is -2.24. The van der Waals surface area contributed by atoms with Crippen molar-refractivity contribution in [2.75, 3.05) is 0 Å². The Morgan fingerprint density at radius 2 is 1.76 bits per heavy atom. The smallest absolute Gasteiger partial charge is 0.243 e. The van der Waals surface area contributed by atoms with E-state index in [0.29, 0.717) is 21.6 Å². The number of fused-ring (bicyclic) bond motifs is 1. The number of sulfonamides is 1. The highest BCUT2D eigenvalue weighted by molar-refractivity contribution is 7.89. The van der Waals surface area contributed by atoms with Crippen LogP contribution in [0, 0.1) is 24.4 Å². The van der Waals surface area contributed by atoms with E-state index in [9.17, 15) is 21.6 Å². The van der Waals surface area contributed by atoms with Crippen molar-refractivity contribution in [2.24, 2.45) is 0 Å². The van der Waals surface area contributed by atoms with E-state index in [0.717, 1.165) is 23.4 Å². The number of aromatic nitrogens is 2. The maximum atomic E-state index is 13.8. The lowest BCUT2D eigenvalue weighted by molar-refractivity contribution is 0.543. The number of halogens is 3. The van der Waals surface area contributed by atoms with Gasteiger partial charge in [0.25, 0.3) is 0 Å². The second-order valence-corrected chi connectivity index (χ2v) is 9.09. The number of nitrogens with one attached hydrogen (secondary N) is 1. The molecule has 0 amide bonds. The molecule has 4 rings (SSSR count). The molecule has 1 N–H and O–H groups in total. The van der Waals surface area contributed by atoms with E-state index in [1.165, 1.54) is 23.5 Å². The van der Waals surface area contributed by atoms with Gasteiger partial charge in [0.15, 0.2) is 4.96 Å². The molecule has 10 heteroatoms. The molecule has 0 bridgehead atoms. The molecule has 150 valence electrons. The topological polar surface area (TPSA) is 63.5 Å². The van der Waals surface area contributed by atoms with Crippen molar-refractivity contribution in [3.63, 3.8) is 0 Å². The summed E-state index contributed by atoms with van der Waals surface area (Å²) in [5.41, 5.74) is 2.20. The molecule has 29 heavy (non-hydrogen) atoms. The highest BCUT2D eigenvalue weighted by Crippen LogP contribution is 2.27. The minimum Gasteiger partial charge on any atom is -0.294 e. The van der Waals surface area contributed by atoms with E-state index in [-0.39, 0.29) is 12.4 Å². The van der Waals surface area contributed by atoms with E-state index in [1.807, 2.05) is 11.3 Å². The van der Waals surface area contributed by atoms with Gasteiger partial charge >= 0.3 is 0 Å². The average Bonchev–Trinajstić information content (AvgIpc) is 3.20. The number of benzene rings is 2. The summed E-state index contributed by atoms with van der Waals surface area (Å²) in [5.74, 6) is -2.34. The third-order valence-corrected chi connectivity index (χ3v) is 6.99. The Labute approximate surface area is 168 Å². The van der Waals surface area contributed by atoms with Crippen LogP contribution in [0.5, 0.6) is 0 Å². The van der Waals surface area contributed by atoms with Crippen LogP contribution in [0.3, 0.4) is 0 Å². The molecule has 0 atom stereocenters. The van der Waals surface area contributed by atoms with Gasteiger partial charge in [-0.3, -0.25) is 4.40 Å². The van der Waals surface area contributed by atoms with Gasteiger partial charge in [0.1, 0.15) is 22.3 Å². The molecule has 0 saturated heterocycles. The van der Waals surface area contributed by atoms with E-state index >= 15 is 0 Å². The molecule has 0 saturated carbocycles. The van der Waals surface area contributed by atoms with Gasteiger partial charge in [0, 0.05) is 34.9 Å². The fourth-order valence-electron chi connectivity index (χ4n) is 2.85. The van der Waals surface area contributed by atoms with E-state index < -0.39 is 26.6 Å². The van der Waals surface area contributed by atoms with Gasteiger partial charge in [0.2, 0.25) is 10.0 Å². The maximum absolute atomic E-state index is 13.8. The van der Waals surface area contributed by atoms with Crippen LogP contribution in [0.25, 0.3) is 16.2 Å². The Balaban J connectivity index is 1.58. The summed E-state index contributed by atoms with van der Waals surface area (Å²) in [5, 5.41) is 0. The number of hydrogen-bond donors (Lipinski definition) is 1. The minimum atomic E-state index is -4.15. The van der Waals surface area contributed by atoms with Crippen LogP contribution in [0.1, 0.15) is 10.6 Å². The van der Waals surface area contributed by atoms with Crippen LogP contribution >= 0.6 is 11.3 Å². The van der Waals surface area contributed by atoms with Crippen molar-refractivity contribution >= 4 is 26.3 Å². The third kappa shape index (κ3) is 3.78. The third-order valence-electron chi connectivity index (χ3n) is 4.40. The Morgan fingerprint density at radius 3 is 2.41 bits per heavy atom. The van der Waals surface area contributed by atoms with Crippen LogP contribution in [0.15, 0.2) is 53.6 Å². The molecule has 4 aromatic rings. The number of imidazole rings is 1. The minimum absolute atomic E-state index is 0.0646. The fourth-order valence-corrected chi connectivity index (χ4v) is 5.04. The molecule has 0 aliphatic carbocycles. The number of rotatable bonds is 5. The van der Waals surface area contributed by atoms with Crippen molar-refractivity contribution in [2.45, 2.75) is 18.4 Å². The zero-order valence-electron chi connectivity index (χ0n) is 15.0. The van der Waals surface area contributed by atoms with E-state index in [1.54, 1.807) is 18.3 Å². The van der Waals surface area contributed by atoms with E-state index in [4.69, 9.17) is 0 Å². The number of aryl methyl sites for hydroxylation is 1. The first-order chi connectivity index (χ1) is 13.7. The lowest BCUT2D eigenvalue weighted by Gasteiger charge is -2.07. The van der Waals surface area contributed by atoms with Crippen LogP contribution < -0.4 is 4.72 Å². The second kappa shape index (κ2) is 7.29. The highest BCUT2D eigenvalue weighted by Gasteiger charge is 2.21. The molecule has 0 spiro atoms. The molecular formula is C19H14F3N3O2S2. The summed E-state index contributed by atoms with van der Waals surface area (Å²) in [4.78, 5) is 5.23. The molecule has 0 aliphatic rings. The predicted molar refractivity (Wildman–Crippen MR) is 104 cm³/mol. The molecule has 5 nitrogen and oxygen atoms in total. The predicted octanol–water partition coefficient (Wildman–Crippen LogP) is 4.27. The molecule has 2 heterocycles. The molecular weight excluding hydrogens is 423 g/mol. The van der Waals surface area contributed by atoms with Gasteiger partial charge in [-0.25, -0.2) is 31.3 Å². The summed E-state index contributed by atoms with van der Waals surface area (Å²) in [6.07, 6.45) is 1.78. The fraction of sp³-hybridized carbons (Fsp3) is 0.105. The van der Waals surface area contributed by atoms with Gasteiger partial charge in [-0.2, -0.15) is 0 Å². The Morgan fingerprint density at radius 1 is 1.07 bits per heavy atom. The standard InChI is InChI=1S/C19H14F3N3O2S2/c1-11-17(9-23-29(26,27)18-7-6-14(21)8-15(18)22)28-19-24-16(10-25(11)19)12-2-4-13(20)5-3-12/h2-8,10,23H,9H2,1H3. The molecule has 0 aliphatic heterocycles. The first-order valence-corrected chi connectivity index (χ1v) is 10.7. The van der Waals surface area contributed by atoms with Gasteiger partial charge in [0.05, 0.1) is 5.69 Å². The number of nitrogens with zero attached hydrogens (tertiary/aromatic N) is 2. The largest absolute Gasteiger partial charge is 0.294 e. The number of thiazole rings is 1. The number of hydrogen-bond acceptors (Lipinski definition) is 4. The summed E-state index contributed by atoms with van der Waals surface area (Å²) in [7, 11) is -4.15. The quantitative estimate of drug-likeness (QED) is 0.507. The van der Waals surface area contributed by atoms with Gasteiger partial charge in [-0.1, -0.05) is 11.3 Å². The maximum Gasteiger partial charge on any atom is 0.243 e. The normalized spacial score (nSPS) is 12.0. The van der Waals surface area contributed by atoms with Gasteiger partial charge in [-0.05, 0) is 43.3 Å². The summed E-state index contributed by atoms with van der Waals surface area (Å²) in [6.45, 7) is 1.74. The molecule has 2 aromatic heterocycles. The van der Waals surface area contributed by atoms with Crippen LogP contribution in [0.2, 0.25) is 0 Å². The van der Waals surface area contributed by atoms with Gasteiger partial charge < -0.3 is 0 Å². The van der Waals surface area contributed by atoms with Crippen LogP contribution in [-0.4, -0.2) is 17.8 Å². The van der Waals surface area contributed by atoms with Crippen molar-refractivity contribution in [1.29, 1.82) is 0 Å². The van der Waals surface area contributed by atoms with Crippen molar-refractivity contribution in [1.82, 2.24) is 14.1 Å². The Hall–Kier alpha value is -2.69. The van der Waals surface area contributed by atoms with Crippen molar-refractivity contribution in [3.05, 3.63) is 76.7 Å². The summed E-state index contributed by atoms with van der Waals surface area (Å²) < 4.78 is 68.7. The van der Waals surface area contributed by atoms with Crippen molar-refractivity contribution in [3.8, 4) is 11.3 Å². The Bertz CT molecular complexity index is 1310. The van der Waals surface area contributed by atoms with Gasteiger partial charge in [-0.15, -0.1) is 0 Å². The first-order valence-electron chi connectivity index (χ1n) is 8.42. The summed E-state index contributed by atoms with van der Waals surface area (Å²) in [6, 6.07) is 8.26. The monoisotopic (exact) mass is 437 g/mol. The molecule has 0 radical (unpaired) electrons. The first kappa shape index (κ1) is 19.6. The van der Waals surface area contributed by atoms with Crippen molar-refractivity contribution < 1.29 is 21.6 Å². The second-order valence-electron chi connectivity index (χ2n) is 6.30. The molecule has 0 fully saturated rings. The van der Waals surface area contributed by atoms with E-state index in [2.05, 4.69) is 9.71 Å². The van der Waals surface area contributed by atoms with Crippen LogP contribution in [-0.2, 0) is 16.6 Å². The molecule has 2 aromatic carbocycles. The SMILES string of the molecule is Cc1c(CNS(=O)(=O)c2ccc(F)cc2F)sc2nc(-c3ccc(F)cc3)cn12. The lowest BCUT2D eigenvalue weighted by atomic mass is 10.2. The average molecular weight is 437 g/mol.